The van der Waals surface area contributed by atoms with Crippen molar-refractivity contribution in [3.05, 3.63) is 47.0 Å². The van der Waals surface area contributed by atoms with Crippen molar-refractivity contribution in [3.63, 3.8) is 0 Å². The van der Waals surface area contributed by atoms with Gasteiger partial charge in [0.05, 0.1) is 16.7 Å². The Morgan fingerprint density at radius 3 is 2.70 bits per heavy atom. The van der Waals surface area contributed by atoms with Crippen molar-refractivity contribution in [2.24, 2.45) is 0 Å². The highest BCUT2D eigenvalue weighted by Gasteiger charge is 2.02. The first-order chi connectivity index (χ1) is 9.74. The molecule has 2 aromatic rings. The fourth-order valence-corrected chi connectivity index (χ4v) is 1.68. The average molecular weight is 336 g/mol. The molecule has 0 unspecified atom stereocenters. The van der Waals surface area contributed by atoms with E-state index in [1.54, 1.807) is 18.6 Å². The number of carbonyl (C=O) groups excluding carboxylic acids is 1. The van der Waals surface area contributed by atoms with Crippen molar-refractivity contribution in [1.29, 1.82) is 0 Å². The van der Waals surface area contributed by atoms with Gasteiger partial charge in [0.1, 0.15) is 0 Å². The summed E-state index contributed by atoms with van der Waals surface area (Å²) in [4.78, 5) is 23.9. The molecule has 20 heavy (non-hydrogen) atoms. The molecule has 6 nitrogen and oxygen atoms in total. The van der Waals surface area contributed by atoms with Crippen molar-refractivity contribution >= 4 is 27.8 Å². The predicted octanol–water partition coefficient (Wildman–Crippen LogP) is 1.75. The SMILES string of the molecule is O=C(CCNc1ncc(Br)cn1)NCc1ccccn1. The normalized spacial score (nSPS) is 10.1. The topological polar surface area (TPSA) is 79.8 Å². The average Bonchev–Trinajstić information content (AvgIpc) is 2.48. The van der Waals surface area contributed by atoms with Gasteiger partial charge < -0.3 is 10.6 Å². The van der Waals surface area contributed by atoms with Crippen LogP contribution in [0.15, 0.2) is 41.3 Å². The third-order valence-electron chi connectivity index (χ3n) is 2.45. The second-order valence-corrected chi connectivity index (χ2v) is 4.92. The summed E-state index contributed by atoms with van der Waals surface area (Å²) in [5.74, 6) is 0.464. The van der Waals surface area contributed by atoms with Crippen molar-refractivity contribution in [3.8, 4) is 0 Å². The summed E-state index contributed by atoms with van der Waals surface area (Å²) in [6.45, 7) is 0.921. The molecule has 2 rings (SSSR count). The van der Waals surface area contributed by atoms with Gasteiger partial charge in [-0.2, -0.15) is 0 Å². The van der Waals surface area contributed by atoms with Crippen LogP contribution in [-0.2, 0) is 11.3 Å². The first-order valence-electron chi connectivity index (χ1n) is 6.12. The number of rotatable bonds is 6. The molecule has 1 amide bonds. The highest BCUT2D eigenvalue weighted by atomic mass is 79.9. The Bertz CT molecular complexity index is 546. The fourth-order valence-electron chi connectivity index (χ4n) is 1.47. The zero-order valence-corrected chi connectivity index (χ0v) is 12.3. The van der Waals surface area contributed by atoms with Gasteiger partial charge in [0.15, 0.2) is 0 Å². The number of nitrogens with zero attached hydrogens (tertiary/aromatic N) is 3. The minimum atomic E-state index is -0.0414. The van der Waals surface area contributed by atoms with Crippen molar-refractivity contribution < 1.29 is 4.79 Å². The van der Waals surface area contributed by atoms with E-state index >= 15 is 0 Å². The molecule has 0 aliphatic carbocycles. The number of carbonyl (C=O) groups is 1. The van der Waals surface area contributed by atoms with Gasteiger partial charge in [-0.1, -0.05) is 6.07 Å². The van der Waals surface area contributed by atoms with Crippen LogP contribution in [0.25, 0.3) is 0 Å². The van der Waals surface area contributed by atoms with Crippen LogP contribution >= 0.6 is 15.9 Å². The summed E-state index contributed by atoms with van der Waals surface area (Å²) in [5.41, 5.74) is 0.838. The lowest BCUT2D eigenvalue weighted by atomic mass is 10.3. The Morgan fingerprint density at radius 1 is 1.20 bits per heavy atom. The zero-order chi connectivity index (χ0) is 14.2. The molecular weight excluding hydrogens is 322 g/mol. The van der Waals surface area contributed by atoms with E-state index < -0.39 is 0 Å². The molecule has 2 aromatic heterocycles. The number of halogens is 1. The smallest absolute Gasteiger partial charge is 0.222 e. The van der Waals surface area contributed by atoms with Crippen LogP contribution in [0.1, 0.15) is 12.1 Å². The lowest BCUT2D eigenvalue weighted by Gasteiger charge is -2.06. The highest BCUT2D eigenvalue weighted by Crippen LogP contribution is 2.06. The molecular formula is C13H14BrN5O. The second kappa shape index (κ2) is 7.54. The lowest BCUT2D eigenvalue weighted by molar-refractivity contribution is -0.121. The Labute approximate surface area is 125 Å². The van der Waals surface area contributed by atoms with E-state index in [4.69, 9.17) is 0 Å². The summed E-state index contributed by atoms with van der Waals surface area (Å²) < 4.78 is 0.816. The Balaban J connectivity index is 1.66. The van der Waals surface area contributed by atoms with Gasteiger partial charge in [0, 0.05) is 31.6 Å². The zero-order valence-electron chi connectivity index (χ0n) is 10.7. The van der Waals surface area contributed by atoms with Gasteiger partial charge in [-0.3, -0.25) is 9.78 Å². The van der Waals surface area contributed by atoms with Gasteiger partial charge in [-0.05, 0) is 28.1 Å². The van der Waals surface area contributed by atoms with Crippen molar-refractivity contribution in [2.75, 3.05) is 11.9 Å². The van der Waals surface area contributed by atoms with Crippen LogP contribution in [0.5, 0.6) is 0 Å². The highest BCUT2D eigenvalue weighted by molar-refractivity contribution is 9.10. The van der Waals surface area contributed by atoms with Gasteiger partial charge >= 0.3 is 0 Å². The van der Waals surface area contributed by atoms with Crippen LogP contribution in [0.3, 0.4) is 0 Å². The fraction of sp³-hybridized carbons (Fsp3) is 0.231. The summed E-state index contributed by atoms with van der Waals surface area (Å²) >= 11 is 3.26. The maximum atomic E-state index is 11.6. The third kappa shape index (κ3) is 4.93. The number of amides is 1. The summed E-state index contributed by atoms with van der Waals surface area (Å²) in [5, 5.41) is 5.79. The van der Waals surface area contributed by atoms with Crippen LogP contribution in [0, 0.1) is 0 Å². The number of hydrogen-bond acceptors (Lipinski definition) is 5. The van der Waals surface area contributed by atoms with E-state index in [-0.39, 0.29) is 5.91 Å². The van der Waals surface area contributed by atoms with Crippen molar-refractivity contribution in [2.45, 2.75) is 13.0 Å². The standard InChI is InChI=1S/C13H14BrN5O/c14-10-7-18-13(19-8-10)16-6-4-12(20)17-9-11-3-1-2-5-15-11/h1-3,5,7-8H,4,6,9H2,(H,17,20)(H,16,18,19). The lowest BCUT2D eigenvalue weighted by Crippen LogP contribution is -2.25. The number of nitrogens with one attached hydrogen (secondary N) is 2. The largest absolute Gasteiger partial charge is 0.354 e. The molecule has 0 saturated carbocycles. The molecule has 0 fully saturated rings. The van der Waals surface area contributed by atoms with Gasteiger partial charge in [0.25, 0.3) is 0 Å². The molecule has 0 radical (unpaired) electrons. The maximum absolute atomic E-state index is 11.6. The van der Waals surface area contributed by atoms with E-state index in [1.807, 2.05) is 18.2 Å². The molecule has 0 spiro atoms. The Morgan fingerprint density at radius 2 is 2.00 bits per heavy atom. The predicted molar refractivity (Wildman–Crippen MR) is 78.9 cm³/mol. The molecule has 0 aliphatic rings. The first-order valence-corrected chi connectivity index (χ1v) is 6.91. The first kappa shape index (κ1) is 14.4. The Kier molecular flexibility index (Phi) is 5.43. The molecule has 104 valence electrons. The monoisotopic (exact) mass is 335 g/mol. The number of anilines is 1. The molecule has 0 aliphatic heterocycles. The summed E-state index contributed by atoms with van der Waals surface area (Å²) in [7, 11) is 0. The van der Waals surface area contributed by atoms with Crippen LogP contribution in [0.4, 0.5) is 5.95 Å². The quantitative estimate of drug-likeness (QED) is 0.840. The molecule has 0 bridgehead atoms. The molecule has 0 atom stereocenters. The third-order valence-corrected chi connectivity index (χ3v) is 2.86. The van der Waals surface area contributed by atoms with E-state index in [2.05, 4.69) is 41.5 Å². The number of hydrogen-bond donors (Lipinski definition) is 2. The van der Waals surface area contributed by atoms with E-state index in [9.17, 15) is 4.79 Å². The molecule has 2 N–H and O–H groups in total. The minimum absolute atomic E-state index is 0.0414. The minimum Gasteiger partial charge on any atom is -0.354 e. The van der Waals surface area contributed by atoms with Crippen LogP contribution < -0.4 is 10.6 Å². The van der Waals surface area contributed by atoms with E-state index in [0.29, 0.717) is 25.5 Å². The van der Waals surface area contributed by atoms with E-state index in [0.717, 1.165) is 10.2 Å². The second-order valence-electron chi connectivity index (χ2n) is 4.00. The van der Waals surface area contributed by atoms with E-state index in [1.165, 1.54) is 0 Å². The van der Waals surface area contributed by atoms with Gasteiger partial charge in [-0.25, -0.2) is 9.97 Å². The van der Waals surface area contributed by atoms with Crippen LogP contribution in [-0.4, -0.2) is 27.4 Å². The summed E-state index contributed by atoms with van der Waals surface area (Å²) in [6, 6.07) is 5.60. The molecule has 0 saturated heterocycles. The van der Waals surface area contributed by atoms with Crippen LogP contribution in [0.2, 0.25) is 0 Å². The molecule has 2 heterocycles. The Hall–Kier alpha value is -2.02. The number of aromatic nitrogens is 3. The maximum Gasteiger partial charge on any atom is 0.222 e. The molecule has 7 heteroatoms. The molecule has 0 aromatic carbocycles. The van der Waals surface area contributed by atoms with Gasteiger partial charge in [0.2, 0.25) is 11.9 Å². The van der Waals surface area contributed by atoms with Crippen molar-refractivity contribution in [1.82, 2.24) is 20.3 Å². The number of pyridine rings is 1. The van der Waals surface area contributed by atoms with Gasteiger partial charge in [-0.15, -0.1) is 0 Å². The summed E-state index contributed by atoms with van der Waals surface area (Å²) in [6.07, 6.45) is 5.35.